The summed E-state index contributed by atoms with van der Waals surface area (Å²) in [5, 5.41) is 16.0. The Morgan fingerprint density at radius 1 is 0.869 bits per heavy atom. The second-order valence-electron chi connectivity index (χ2n) is 15.5. The summed E-state index contributed by atoms with van der Waals surface area (Å²) in [5.74, 6) is 0.594. The van der Waals surface area contributed by atoms with E-state index in [1.54, 1.807) is 59.9 Å². The minimum absolute atomic E-state index is 0.233. The molecule has 312 valence electrons. The Labute approximate surface area is 352 Å². The average Bonchev–Trinajstić information content (AvgIpc) is 4.14. The molecule has 0 aliphatic carbocycles. The number of hydrogen-bond acceptors (Lipinski definition) is 9. The molecule has 3 amide bonds. The van der Waals surface area contributed by atoms with Crippen molar-refractivity contribution in [3.8, 4) is 33.8 Å². The molecule has 5 N–H and O–H groups in total. The number of aromatic nitrogens is 5. The monoisotopic (exact) mass is 821 g/mol. The zero-order valence-corrected chi connectivity index (χ0v) is 34.1. The van der Waals surface area contributed by atoms with Crippen molar-refractivity contribution in [2.75, 3.05) is 27.2 Å². The van der Waals surface area contributed by atoms with Gasteiger partial charge in [0.25, 0.3) is 5.91 Å². The van der Waals surface area contributed by atoms with Crippen LogP contribution in [0.4, 0.5) is 9.59 Å². The van der Waals surface area contributed by atoms with E-state index in [1.165, 1.54) is 14.2 Å². The maximum absolute atomic E-state index is 14.4. The molecule has 2 fully saturated rings. The molecule has 3 aromatic carbocycles. The van der Waals surface area contributed by atoms with Crippen LogP contribution in [0.5, 0.6) is 0 Å². The third-order valence-corrected chi connectivity index (χ3v) is 11.8. The van der Waals surface area contributed by atoms with E-state index in [1.807, 2.05) is 55.5 Å². The summed E-state index contributed by atoms with van der Waals surface area (Å²) >= 11 is 0. The van der Waals surface area contributed by atoms with Crippen molar-refractivity contribution in [2.45, 2.75) is 56.3 Å². The van der Waals surface area contributed by atoms with E-state index in [0.29, 0.717) is 48.7 Å². The number of carbonyl (C=O) groups is 4. The van der Waals surface area contributed by atoms with Gasteiger partial charge in [0.1, 0.15) is 29.3 Å². The molecule has 2 saturated heterocycles. The van der Waals surface area contributed by atoms with Crippen LogP contribution < -0.4 is 10.6 Å². The minimum atomic E-state index is -1.18. The number of imidazole rings is 2. The van der Waals surface area contributed by atoms with Crippen molar-refractivity contribution in [2.24, 2.45) is 0 Å². The van der Waals surface area contributed by atoms with Crippen molar-refractivity contribution >= 4 is 23.9 Å². The number of nitrogens with zero attached hydrogens (tertiary/aromatic N) is 5. The van der Waals surface area contributed by atoms with Crippen LogP contribution >= 0.6 is 0 Å². The van der Waals surface area contributed by atoms with E-state index in [0.717, 1.165) is 57.1 Å². The highest BCUT2D eigenvalue weighted by Crippen LogP contribution is 2.38. The van der Waals surface area contributed by atoms with Gasteiger partial charge in [-0.2, -0.15) is 0 Å². The Bertz CT molecular complexity index is 2530. The number of benzene rings is 3. The first-order valence-corrected chi connectivity index (χ1v) is 20.3. The Hall–Kier alpha value is -7.13. The summed E-state index contributed by atoms with van der Waals surface area (Å²) < 4.78 is 4.87. The number of likely N-dealkylation sites (N-methyl/N-ethyl adjacent to an activating group) is 1. The number of ketones is 1. The fourth-order valence-electron chi connectivity index (χ4n) is 8.56. The summed E-state index contributed by atoms with van der Waals surface area (Å²) in [5.41, 5.74) is 6.03. The Morgan fingerprint density at radius 2 is 1.57 bits per heavy atom. The molecule has 0 bridgehead atoms. The largest absolute Gasteiger partial charge is 0.465 e. The highest BCUT2D eigenvalue weighted by Gasteiger charge is 2.49. The first-order valence-electron chi connectivity index (χ1n) is 20.3. The molecule has 8 rings (SSSR count). The third kappa shape index (κ3) is 7.99. The number of carboxylic acid groups (broad SMARTS) is 1. The molecule has 5 heterocycles. The van der Waals surface area contributed by atoms with Gasteiger partial charge in [-0.1, -0.05) is 72.8 Å². The fraction of sp³-hybridized carbons (Fsp3) is 0.283. The lowest BCUT2D eigenvalue weighted by Gasteiger charge is -2.32. The maximum Gasteiger partial charge on any atom is 0.407 e. The minimum Gasteiger partial charge on any atom is -0.465 e. The molecule has 0 saturated carbocycles. The smallest absolute Gasteiger partial charge is 0.407 e. The number of ether oxygens (including phenoxy) is 1. The van der Waals surface area contributed by atoms with E-state index < -0.39 is 29.8 Å². The molecular weight excluding hydrogens is 775 g/mol. The lowest BCUT2D eigenvalue weighted by molar-refractivity contribution is -0.137. The first kappa shape index (κ1) is 40.6. The predicted octanol–water partition coefficient (Wildman–Crippen LogP) is 7.10. The van der Waals surface area contributed by atoms with Crippen molar-refractivity contribution in [3.05, 3.63) is 138 Å². The third-order valence-electron chi connectivity index (χ3n) is 11.8. The molecule has 2 aliphatic heterocycles. The van der Waals surface area contributed by atoms with Crippen LogP contribution in [0.3, 0.4) is 0 Å². The van der Waals surface area contributed by atoms with Gasteiger partial charge in [-0.25, -0.2) is 19.6 Å². The van der Waals surface area contributed by atoms with Gasteiger partial charge in [-0.3, -0.25) is 24.8 Å². The lowest BCUT2D eigenvalue weighted by Crippen LogP contribution is -2.51. The lowest BCUT2D eigenvalue weighted by atomic mass is 9.84. The van der Waals surface area contributed by atoms with Gasteiger partial charge in [0, 0.05) is 30.9 Å². The van der Waals surface area contributed by atoms with Crippen molar-refractivity contribution in [3.63, 3.8) is 0 Å². The molecule has 0 radical (unpaired) electrons. The molecule has 0 unspecified atom stereocenters. The summed E-state index contributed by atoms with van der Waals surface area (Å²) in [4.78, 5) is 76.6. The number of alkyl carbamates (subject to hydrolysis) is 1. The summed E-state index contributed by atoms with van der Waals surface area (Å²) in [6, 6.07) is 25.8. The summed E-state index contributed by atoms with van der Waals surface area (Å²) in [6.45, 7) is 3.13. The SMILES string of the molecule is COC(=O)N[C@@H](C(=O)[C@@]1(c2ncc(-c3ccc(-c4ccc(-c5cnc([C@@H]6CCCN6C(=O)[C@@H](c6ccccc6)N(C)C(=O)O)[nH]5)cn4)c(C)c3)[nH]2)CCCN1)c1ccccc1. The van der Waals surface area contributed by atoms with Crippen LogP contribution in [-0.4, -0.2) is 91.0 Å². The number of nitrogens with one attached hydrogen (secondary N) is 4. The highest BCUT2D eigenvalue weighted by molar-refractivity contribution is 5.96. The van der Waals surface area contributed by atoms with Gasteiger partial charge in [0.2, 0.25) is 0 Å². The number of carbonyl (C=O) groups excluding carboxylic acids is 3. The Balaban J connectivity index is 0.984. The molecule has 61 heavy (non-hydrogen) atoms. The molecule has 6 aromatic rings. The van der Waals surface area contributed by atoms with Crippen LogP contribution in [-0.2, 0) is 19.9 Å². The van der Waals surface area contributed by atoms with Crippen molar-refractivity contribution in [1.82, 2.24) is 45.4 Å². The number of H-pyrrole nitrogens is 2. The number of likely N-dealkylation sites (tertiary alicyclic amines) is 1. The highest BCUT2D eigenvalue weighted by atomic mass is 16.5. The summed E-state index contributed by atoms with van der Waals surface area (Å²) in [7, 11) is 2.69. The predicted molar refractivity (Wildman–Crippen MR) is 227 cm³/mol. The average molecular weight is 822 g/mol. The van der Waals surface area contributed by atoms with Crippen LogP contribution in [0.25, 0.3) is 33.8 Å². The molecule has 4 atom stereocenters. The second-order valence-corrected chi connectivity index (χ2v) is 15.5. The van der Waals surface area contributed by atoms with Gasteiger partial charge in [0.15, 0.2) is 5.78 Å². The second kappa shape index (κ2) is 17.2. The first-order chi connectivity index (χ1) is 29.6. The maximum atomic E-state index is 14.4. The van der Waals surface area contributed by atoms with Crippen molar-refractivity contribution < 1.29 is 29.0 Å². The van der Waals surface area contributed by atoms with Crippen LogP contribution in [0.15, 0.2) is 110 Å². The number of pyridine rings is 1. The van der Waals surface area contributed by atoms with Crippen LogP contribution in [0, 0.1) is 6.92 Å². The number of aromatic amines is 2. The molecule has 0 spiro atoms. The molecule has 2 aliphatic rings. The molecule has 15 heteroatoms. The van der Waals surface area contributed by atoms with Gasteiger partial charge in [0.05, 0.1) is 42.6 Å². The number of aryl methyl sites for hydroxylation is 1. The van der Waals surface area contributed by atoms with E-state index in [4.69, 9.17) is 14.7 Å². The quantitative estimate of drug-likeness (QED) is 0.0849. The number of rotatable bonds is 12. The number of methoxy groups -OCH3 is 1. The van der Waals surface area contributed by atoms with Crippen LogP contribution in [0.2, 0.25) is 0 Å². The zero-order valence-electron chi connectivity index (χ0n) is 34.1. The van der Waals surface area contributed by atoms with E-state index in [2.05, 4.69) is 31.7 Å². The Kier molecular flexibility index (Phi) is 11.5. The number of hydrogen-bond donors (Lipinski definition) is 5. The van der Waals surface area contributed by atoms with E-state index in [9.17, 15) is 24.3 Å². The van der Waals surface area contributed by atoms with Gasteiger partial charge in [-0.05, 0) is 79.6 Å². The topological polar surface area (TPSA) is 199 Å². The standard InChI is InChI=1S/C46H47N9O6/c1-28-24-31(35-27-49-43(52-35)46(21-11-22-50-46)40(56)38(53-44(58)61-3)29-12-6-4-7-13-29)17-19-33(28)34-20-18-32(25-47-34)36-26-48-41(51-36)37-16-10-23-55(37)42(57)39(54(2)45(59)60)30-14-8-5-9-15-30/h4-9,12-15,17-20,24-27,37-39,50H,10-11,16,21-23H2,1-3H3,(H,48,51)(H,49,52)(H,53,58)(H,59,60)/t37-,38+,39+,46+/m0/s1. The van der Waals surface area contributed by atoms with Gasteiger partial charge < -0.3 is 30.0 Å². The Morgan fingerprint density at radius 3 is 2.23 bits per heavy atom. The summed E-state index contributed by atoms with van der Waals surface area (Å²) in [6.07, 6.45) is 6.09. The normalized spacial score (nSPS) is 18.3. The van der Waals surface area contributed by atoms with Crippen molar-refractivity contribution in [1.29, 1.82) is 0 Å². The zero-order chi connectivity index (χ0) is 42.7. The fourth-order valence-corrected chi connectivity index (χ4v) is 8.56. The van der Waals surface area contributed by atoms with E-state index in [-0.39, 0.29) is 17.7 Å². The number of Topliss-reactive ketones (excluding diaryl/α,β-unsaturated/α-hetero) is 1. The van der Waals surface area contributed by atoms with Crippen LogP contribution in [0.1, 0.15) is 72.1 Å². The number of amides is 3. The van der Waals surface area contributed by atoms with Gasteiger partial charge >= 0.3 is 12.2 Å². The molecular formula is C46H47N9O6. The van der Waals surface area contributed by atoms with E-state index >= 15 is 0 Å². The van der Waals surface area contributed by atoms with Gasteiger partial charge in [-0.15, -0.1) is 0 Å². The molecule has 3 aromatic heterocycles. The molecule has 15 nitrogen and oxygen atoms in total.